The first-order valence-corrected chi connectivity index (χ1v) is 10.7. The summed E-state index contributed by atoms with van der Waals surface area (Å²) in [5.41, 5.74) is 11.8. The third-order valence-electron chi connectivity index (χ3n) is 6.94. The second-order valence-corrected chi connectivity index (χ2v) is 9.05. The number of fused-ring (bicyclic) bond motifs is 2. The third-order valence-corrected chi connectivity index (χ3v) is 6.94. The highest BCUT2D eigenvalue weighted by Gasteiger charge is 2.50. The quantitative estimate of drug-likeness (QED) is 0.372. The van der Waals surface area contributed by atoms with Crippen molar-refractivity contribution >= 4 is 33.6 Å². The van der Waals surface area contributed by atoms with E-state index in [4.69, 9.17) is 11.5 Å². The molecular weight excluding hydrogens is 430 g/mol. The van der Waals surface area contributed by atoms with E-state index in [1.54, 1.807) is 16.8 Å². The molecule has 4 aromatic rings. The largest absolute Gasteiger partial charge is 0.390 e. The summed E-state index contributed by atoms with van der Waals surface area (Å²) in [6.07, 6.45) is 1.86. The molecule has 0 spiro atoms. The van der Waals surface area contributed by atoms with Crippen molar-refractivity contribution in [3.05, 3.63) is 54.0 Å². The van der Waals surface area contributed by atoms with E-state index in [1.165, 1.54) is 24.5 Å². The zero-order valence-electron chi connectivity index (χ0n) is 17.9. The Labute approximate surface area is 187 Å². The number of nitrogens with two attached hydrogens (primary N) is 2. The van der Waals surface area contributed by atoms with Crippen molar-refractivity contribution < 1.29 is 19.0 Å². The Morgan fingerprint density at radius 3 is 2.70 bits per heavy atom. The number of benzene rings is 1. The maximum Gasteiger partial charge on any atom is 0.168 e. The SMILES string of the molecule is C[C@]1(CCc2cc3nc(N)ccc3c(F)c2F)C[C@@H](n2ccc3c(N)ncnc32)[C@H](O)[C@@H]1O. The van der Waals surface area contributed by atoms with Crippen molar-refractivity contribution in [3.8, 4) is 0 Å². The topological polar surface area (TPSA) is 136 Å². The summed E-state index contributed by atoms with van der Waals surface area (Å²) in [6.45, 7) is 1.83. The molecule has 6 N–H and O–H groups in total. The number of aromatic nitrogens is 4. The summed E-state index contributed by atoms with van der Waals surface area (Å²) >= 11 is 0. The van der Waals surface area contributed by atoms with Gasteiger partial charge in [0.2, 0.25) is 0 Å². The summed E-state index contributed by atoms with van der Waals surface area (Å²) in [6, 6.07) is 5.62. The van der Waals surface area contributed by atoms with Crippen LogP contribution in [0.15, 0.2) is 36.8 Å². The van der Waals surface area contributed by atoms with Gasteiger partial charge in [-0.3, -0.25) is 0 Å². The van der Waals surface area contributed by atoms with Gasteiger partial charge in [0.15, 0.2) is 11.6 Å². The van der Waals surface area contributed by atoms with Crippen molar-refractivity contribution in [2.24, 2.45) is 5.41 Å². The van der Waals surface area contributed by atoms with E-state index in [-0.39, 0.29) is 28.7 Å². The van der Waals surface area contributed by atoms with Gasteiger partial charge in [-0.05, 0) is 54.5 Å². The lowest BCUT2D eigenvalue weighted by Crippen LogP contribution is -2.35. The highest BCUT2D eigenvalue weighted by molar-refractivity contribution is 5.86. The number of aliphatic hydroxyl groups excluding tert-OH is 2. The van der Waals surface area contributed by atoms with Crippen LogP contribution in [0.4, 0.5) is 20.4 Å². The molecule has 1 fully saturated rings. The average molecular weight is 454 g/mol. The number of hydrogen-bond acceptors (Lipinski definition) is 7. The molecule has 0 bridgehead atoms. The second-order valence-electron chi connectivity index (χ2n) is 9.05. The number of rotatable bonds is 4. The van der Waals surface area contributed by atoms with Crippen molar-refractivity contribution in [3.63, 3.8) is 0 Å². The molecule has 1 aliphatic carbocycles. The molecule has 0 amide bonds. The van der Waals surface area contributed by atoms with Gasteiger partial charge in [0.1, 0.15) is 29.7 Å². The van der Waals surface area contributed by atoms with E-state index in [1.807, 2.05) is 6.92 Å². The fraction of sp³-hybridized carbons (Fsp3) is 0.348. The Morgan fingerprint density at radius 2 is 1.91 bits per heavy atom. The fourth-order valence-corrected chi connectivity index (χ4v) is 4.99. The van der Waals surface area contributed by atoms with E-state index in [9.17, 15) is 19.0 Å². The molecule has 0 aliphatic heterocycles. The summed E-state index contributed by atoms with van der Waals surface area (Å²) in [4.78, 5) is 12.4. The summed E-state index contributed by atoms with van der Waals surface area (Å²) < 4.78 is 31.1. The van der Waals surface area contributed by atoms with Gasteiger partial charge in [0.25, 0.3) is 0 Å². The standard InChI is InChI=1S/C23H24F2N6O2/c1-23(6-4-11-8-14-12(18(25)17(11)24)2-3-16(26)30-14)9-15(19(32)20(23)33)31-7-5-13-21(27)28-10-29-22(13)31/h2-3,5,7-8,10,15,19-20,32-33H,4,6,9H2,1H3,(H2,26,30)(H2,27,28,29)/t15-,19+,20+,23+/m1/s1. The minimum Gasteiger partial charge on any atom is -0.390 e. The van der Waals surface area contributed by atoms with Gasteiger partial charge in [0, 0.05) is 11.6 Å². The number of nitrogens with zero attached hydrogens (tertiary/aromatic N) is 4. The molecule has 10 heteroatoms. The molecule has 3 aromatic heterocycles. The highest BCUT2D eigenvalue weighted by Crippen LogP contribution is 2.48. The van der Waals surface area contributed by atoms with Crippen molar-refractivity contribution in [1.82, 2.24) is 19.5 Å². The van der Waals surface area contributed by atoms with Crippen molar-refractivity contribution in [2.45, 2.75) is 44.4 Å². The molecule has 0 unspecified atom stereocenters. The Balaban J connectivity index is 1.43. The van der Waals surface area contributed by atoms with Crippen LogP contribution in [0.25, 0.3) is 21.9 Å². The maximum atomic E-state index is 14.7. The maximum absolute atomic E-state index is 14.7. The number of halogens is 2. The van der Waals surface area contributed by atoms with Crippen LogP contribution in [0.2, 0.25) is 0 Å². The molecular formula is C23H24F2N6O2. The molecule has 1 aromatic carbocycles. The minimum absolute atomic E-state index is 0.0637. The molecule has 1 saturated carbocycles. The Morgan fingerprint density at radius 1 is 1.12 bits per heavy atom. The Bertz CT molecular complexity index is 1380. The van der Waals surface area contributed by atoms with Crippen LogP contribution in [0, 0.1) is 17.0 Å². The van der Waals surface area contributed by atoms with Gasteiger partial charge in [0.05, 0.1) is 23.0 Å². The second kappa shape index (κ2) is 7.60. The molecule has 3 heterocycles. The summed E-state index contributed by atoms with van der Waals surface area (Å²) in [7, 11) is 0. The number of nitrogen functional groups attached to an aromatic ring is 2. The normalized spacial score (nSPS) is 25.3. The molecule has 172 valence electrons. The highest BCUT2D eigenvalue weighted by atomic mass is 19.2. The molecule has 8 nitrogen and oxygen atoms in total. The summed E-state index contributed by atoms with van der Waals surface area (Å²) in [5.74, 6) is -1.36. The lowest BCUT2D eigenvalue weighted by atomic mass is 9.80. The van der Waals surface area contributed by atoms with E-state index in [0.29, 0.717) is 29.7 Å². The van der Waals surface area contributed by atoms with Crippen LogP contribution in [-0.2, 0) is 6.42 Å². The number of pyridine rings is 1. The lowest BCUT2D eigenvalue weighted by Gasteiger charge is -2.28. The van der Waals surface area contributed by atoms with Crippen LogP contribution in [0.5, 0.6) is 0 Å². The van der Waals surface area contributed by atoms with Crippen molar-refractivity contribution in [2.75, 3.05) is 11.5 Å². The molecule has 0 radical (unpaired) electrons. The molecule has 4 atom stereocenters. The monoisotopic (exact) mass is 454 g/mol. The van der Waals surface area contributed by atoms with E-state index in [0.717, 1.165) is 0 Å². The van der Waals surface area contributed by atoms with E-state index < -0.39 is 35.3 Å². The zero-order valence-corrected chi connectivity index (χ0v) is 17.9. The smallest absolute Gasteiger partial charge is 0.168 e. The van der Waals surface area contributed by atoms with E-state index in [2.05, 4.69) is 15.0 Å². The number of anilines is 2. The molecule has 33 heavy (non-hydrogen) atoms. The van der Waals surface area contributed by atoms with Gasteiger partial charge in [-0.15, -0.1) is 0 Å². The van der Waals surface area contributed by atoms with Gasteiger partial charge in [-0.25, -0.2) is 23.7 Å². The van der Waals surface area contributed by atoms with Gasteiger partial charge >= 0.3 is 0 Å². The van der Waals surface area contributed by atoms with Gasteiger partial charge in [-0.2, -0.15) is 0 Å². The zero-order chi connectivity index (χ0) is 23.5. The first-order chi connectivity index (χ1) is 15.7. The first-order valence-electron chi connectivity index (χ1n) is 10.7. The Hall–Kier alpha value is -3.37. The number of aliphatic hydroxyl groups is 2. The third kappa shape index (κ3) is 3.37. The average Bonchev–Trinajstić information content (AvgIpc) is 3.31. The molecule has 1 aliphatic rings. The first kappa shape index (κ1) is 21.5. The van der Waals surface area contributed by atoms with Crippen LogP contribution in [0.1, 0.15) is 31.4 Å². The minimum atomic E-state index is -1.07. The molecule has 0 saturated heterocycles. The molecule has 5 rings (SSSR count). The fourth-order valence-electron chi connectivity index (χ4n) is 4.99. The van der Waals surface area contributed by atoms with Gasteiger partial charge in [-0.1, -0.05) is 6.92 Å². The van der Waals surface area contributed by atoms with Crippen LogP contribution < -0.4 is 11.5 Å². The summed E-state index contributed by atoms with van der Waals surface area (Å²) in [5, 5.41) is 22.5. The predicted octanol–water partition coefficient (Wildman–Crippen LogP) is 2.73. The number of hydrogen-bond donors (Lipinski definition) is 4. The van der Waals surface area contributed by atoms with Gasteiger partial charge < -0.3 is 26.2 Å². The van der Waals surface area contributed by atoms with Crippen LogP contribution in [-0.4, -0.2) is 41.9 Å². The predicted molar refractivity (Wildman–Crippen MR) is 120 cm³/mol. The Kier molecular flexibility index (Phi) is 4.95. The number of aryl methyl sites for hydroxylation is 1. The lowest BCUT2D eigenvalue weighted by molar-refractivity contribution is -0.0242. The van der Waals surface area contributed by atoms with E-state index >= 15 is 0 Å². The van der Waals surface area contributed by atoms with Crippen LogP contribution in [0.3, 0.4) is 0 Å². The van der Waals surface area contributed by atoms with Crippen molar-refractivity contribution in [1.29, 1.82) is 0 Å². The van der Waals surface area contributed by atoms with Crippen LogP contribution >= 0.6 is 0 Å².